The number of nitrogens with one attached hydrogen (secondary N) is 2. The molecule has 0 aliphatic heterocycles. The third kappa shape index (κ3) is 10.8. The second kappa shape index (κ2) is 12.5. The monoisotopic (exact) mass is 380 g/mol. The first-order valence-corrected chi connectivity index (χ1v) is 7.44. The SMILES string of the molecule is COCCNCCC(=O)Nc1ccc(Cl)c(Cl)c1.O=C(O)C(=O)O. The summed E-state index contributed by atoms with van der Waals surface area (Å²) in [5.74, 6) is -3.72. The minimum absolute atomic E-state index is 0.0710. The molecular weight excluding hydrogens is 363 g/mol. The number of ether oxygens (including phenoxy) is 1. The van der Waals surface area contributed by atoms with E-state index >= 15 is 0 Å². The van der Waals surface area contributed by atoms with Crippen molar-refractivity contribution >= 4 is 46.7 Å². The van der Waals surface area contributed by atoms with Gasteiger partial charge in [0.25, 0.3) is 0 Å². The molecule has 24 heavy (non-hydrogen) atoms. The Morgan fingerprint density at radius 1 is 1.08 bits per heavy atom. The molecule has 0 saturated carbocycles. The largest absolute Gasteiger partial charge is 0.473 e. The quantitative estimate of drug-likeness (QED) is 0.419. The number of methoxy groups -OCH3 is 1. The number of carboxylic acid groups (broad SMARTS) is 2. The highest BCUT2D eigenvalue weighted by atomic mass is 35.5. The van der Waals surface area contributed by atoms with E-state index in [9.17, 15) is 4.79 Å². The molecule has 0 spiro atoms. The van der Waals surface area contributed by atoms with E-state index in [1.165, 1.54) is 0 Å². The molecule has 0 saturated heterocycles. The first-order valence-electron chi connectivity index (χ1n) is 6.68. The lowest BCUT2D eigenvalue weighted by Gasteiger charge is -2.07. The summed E-state index contributed by atoms with van der Waals surface area (Å²) in [6.45, 7) is 1.97. The Bertz CT molecular complexity index is 556. The number of amides is 1. The summed E-state index contributed by atoms with van der Waals surface area (Å²) in [6, 6.07) is 4.99. The van der Waals surface area contributed by atoms with E-state index in [-0.39, 0.29) is 5.91 Å². The van der Waals surface area contributed by atoms with Gasteiger partial charge in [-0.2, -0.15) is 0 Å². The predicted molar refractivity (Wildman–Crippen MR) is 89.7 cm³/mol. The van der Waals surface area contributed by atoms with Crippen LogP contribution in [0.15, 0.2) is 18.2 Å². The van der Waals surface area contributed by atoms with Crippen LogP contribution in [0.5, 0.6) is 0 Å². The van der Waals surface area contributed by atoms with Crippen molar-refractivity contribution < 1.29 is 29.3 Å². The fourth-order valence-corrected chi connectivity index (χ4v) is 1.60. The van der Waals surface area contributed by atoms with Crippen LogP contribution in [0.2, 0.25) is 10.0 Å². The third-order valence-electron chi connectivity index (χ3n) is 2.40. The van der Waals surface area contributed by atoms with Crippen molar-refractivity contribution in [2.45, 2.75) is 6.42 Å². The normalized spacial score (nSPS) is 9.62. The molecule has 10 heteroatoms. The summed E-state index contributed by atoms with van der Waals surface area (Å²) < 4.78 is 4.88. The molecule has 134 valence electrons. The van der Waals surface area contributed by atoms with Crippen molar-refractivity contribution in [1.29, 1.82) is 0 Å². The first-order chi connectivity index (χ1) is 11.3. The van der Waals surface area contributed by atoms with Crippen LogP contribution in [0, 0.1) is 0 Å². The number of carboxylic acids is 2. The molecular formula is C14H18Cl2N2O6. The van der Waals surface area contributed by atoms with Crippen LogP contribution in [0.3, 0.4) is 0 Å². The van der Waals surface area contributed by atoms with Gasteiger partial charge >= 0.3 is 11.9 Å². The van der Waals surface area contributed by atoms with Crippen LogP contribution < -0.4 is 10.6 Å². The highest BCUT2D eigenvalue weighted by molar-refractivity contribution is 6.42. The van der Waals surface area contributed by atoms with Crippen molar-refractivity contribution in [2.75, 3.05) is 32.1 Å². The summed E-state index contributed by atoms with van der Waals surface area (Å²) in [7, 11) is 1.64. The van der Waals surface area contributed by atoms with E-state index in [0.717, 1.165) is 6.54 Å². The average Bonchev–Trinajstić information content (AvgIpc) is 2.51. The molecule has 0 heterocycles. The smallest absolute Gasteiger partial charge is 0.414 e. The maximum atomic E-state index is 11.6. The molecule has 0 fully saturated rings. The van der Waals surface area contributed by atoms with Crippen molar-refractivity contribution in [2.24, 2.45) is 0 Å². The summed E-state index contributed by atoms with van der Waals surface area (Å²) in [5.41, 5.74) is 0.645. The molecule has 8 nitrogen and oxygen atoms in total. The third-order valence-corrected chi connectivity index (χ3v) is 3.14. The van der Waals surface area contributed by atoms with Gasteiger partial charge < -0.3 is 25.6 Å². The Labute approximate surface area is 148 Å². The van der Waals surface area contributed by atoms with E-state index in [0.29, 0.717) is 35.3 Å². The van der Waals surface area contributed by atoms with E-state index in [2.05, 4.69) is 10.6 Å². The molecule has 0 aromatic heterocycles. The zero-order valence-corrected chi connectivity index (χ0v) is 14.4. The number of halogens is 2. The lowest BCUT2D eigenvalue weighted by molar-refractivity contribution is -0.159. The zero-order valence-electron chi connectivity index (χ0n) is 12.8. The van der Waals surface area contributed by atoms with Crippen LogP contribution in [0.25, 0.3) is 0 Å². The van der Waals surface area contributed by atoms with Crippen LogP contribution in [0.4, 0.5) is 5.69 Å². The molecule has 4 N–H and O–H groups in total. The van der Waals surface area contributed by atoms with E-state index < -0.39 is 11.9 Å². The highest BCUT2D eigenvalue weighted by Crippen LogP contribution is 2.24. The lowest BCUT2D eigenvalue weighted by Crippen LogP contribution is -2.24. The topological polar surface area (TPSA) is 125 Å². The standard InChI is InChI=1S/C12H16Cl2N2O2.C2H2O4/c1-18-7-6-15-5-4-12(17)16-9-2-3-10(13)11(14)8-9;3-1(4)2(5)6/h2-3,8,15H,4-7H2,1H3,(H,16,17);(H,3,4)(H,5,6). The van der Waals surface area contributed by atoms with Gasteiger partial charge in [0.05, 0.1) is 16.7 Å². The number of carbonyl (C=O) groups is 3. The maximum absolute atomic E-state index is 11.6. The van der Waals surface area contributed by atoms with Gasteiger partial charge in [-0.15, -0.1) is 0 Å². The van der Waals surface area contributed by atoms with Crippen molar-refractivity contribution in [1.82, 2.24) is 5.32 Å². The Morgan fingerprint density at radius 2 is 1.71 bits per heavy atom. The van der Waals surface area contributed by atoms with E-state index in [4.69, 9.17) is 47.7 Å². The van der Waals surface area contributed by atoms with Crippen LogP contribution in [-0.2, 0) is 19.1 Å². The van der Waals surface area contributed by atoms with Gasteiger partial charge in [-0.25, -0.2) is 9.59 Å². The number of hydrogen-bond acceptors (Lipinski definition) is 5. The Balaban J connectivity index is 0.000000754. The van der Waals surface area contributed by atoms with Gasteiger partial charge in [-0.05, 0) is 18.2 Å². The summed E-state index contributed by atoms with van der Waals surface area (Å²) >= 11 is 11.6. The Hall–Kier alpha value is -1.87. The van der Waals surface area contributed by atoms with Crippen molar-refractivity contribution in [3.05, 3.63) is 28.2 Å². The predicted octanol–water partition coefficient (Wildman–Crippen LogP) is 1.71. The molecule has 1 aromatic carbocycles. The molecule has 1 rings (SSSR count). The molecule has 1 aromatic rings. The van der Waals surface area contributed by atoms with Gasteiger partial charge in [-0.1, -0.05) is 23.2 Å². The van der Waals surface area contributed by atoms with Gasteiger partial charge in [-0.3, -0.25) is 4.79 Å². The molecule has 1 amide bonds. The highest BCUT2D eigenvalue weighted by Gasteiger charge is 2.04. The van der Waals surface area contributed by atoms with Gasteiger partial charge in [0.15, 0.2) is 0 Å². The van der Waals surface area contributed by atoms with Gasteiger partial charge in [0.2, 0.25) is 5.91 Å². The fraction of sp³-hybridized carbons (Fsp3) is 0.357. The molecule has 0 radical (unpaired) electrons. The van der Waals surface area contributed by atoms with Crippen LogP contribution in [0.1, 0.15) is 6.42 Å². The maximum Gasteiger partial charge on any atom is 0.414 e. The van der Waals surface area contributed by atoms with E-state index in [1.807, 2.05) is 0 Å². The van der Waals surface area contributed by atoms with E-state index in [1.54, 1.807) is 25.3 Å². The van der Waals surface area contributed by atoms with Crippen LogP contribution in [-0.4, -0.2) is 54.9 Å². The molecule has 0 aliphatic rings. The van der Waals surface area contributed by atoms with Gasteiger partial charge in [0, 0.05) is 32.3 Å². The van der Waals surface area contributed by atoms with Crippen molar-refractivity contribution in [3.8, 4) is 0 Å². The number of carbonyl (C=O) groups excluding carboxylic acids is 1. The second-order valence-electron chi connectivity index (χ2n) is 4.28. The fourth-order valence-electron chi connectivity index (χ4n) is 1.30. The molecule has 0 aliphatic carbocycles. The Morgan fingerprint density at radius 3 is 2.21 bits per heavy atom. The molecule has 0 unspecified atom stereocenters. The number of anilines is 1. The molecule has 0 atom stereocenters. The summed E-state index contributed by atoms with van der Waals surface area (Å²) in [6.07, 6.45) is 0.393. The minimum atomic E-state index is -1.82. The van der Waals surface area contributed by atoms with Crippen LogP contribution >= 0.6 is 23.2 Å². The number of benzene rings is 1. The Kier molecular flexibility index (Phi) is 11.6. The minimum Gasteiger partial charge on any atom is -0.473 e. The summed E-state index contributed by atoms with van der Waals surface area (Å²) in [5, 5.41) is 21.5. The van der Waals surface area contributed by atoms with Gasteiger partial charge in [0.1, 0.15) is 0 Å². The first kappa shape index (κ1) is 22.1. The lowest BCUT2D eigenvalue weighted by atomic mass is 10.3. The number of rotatable bonds is 7. The average molecular weight is 381 g/mol. The number of hydrogen-bond donors (Lipinski definition) is 4. The second-order valence-corrected chi connectivity index (χ2v) is 5.09. The zero-order chi connectivity index (χ0) is 18.5. The van der Waals surface area contributed by atoms with Crippen molar-refractivity contribution in [3.63, 3.8) is 0 Å². The molecule has 0 bridgehead atoms. The summed E-state index contributed by atoms with van der Waals surface area (Å²) in [4.78, 5) is 29.8. The number of aliphatic carboxylic acids is 2.